The highest BCUT2D eigenvalue weighted by Crippen LogP contribution is 2.27. The Morgan fingerprint density at radius 1 is 0.957 bits per heavy atom. The Labute approximate surface area is 134 Å². The van der Waals surface area contributed by atoms with E-state index < -0.39 is 4.92 Å². The van der Waals surface area contributed by atoms with Crippen LogP contribution in [0.25, 0.3) is 0 Å². The minimum absolute atomic E-state index is 0.0375. The average Bonchev–Trinajstić information content (AvgIpc) is 3.00. The van der Waals surface area contributed by atoms with E-state index in [1.807, 2.05) is 27.7 Å². The number of non-ortho nitro benzene ring substituents is 1. The van der Waals surface area contributed by atoms with Crippen molar-refractivity contribution in [2.24, 2.45) is 9.98 Å². The lowest BCUT2D eigenvalue weighted by Gasteiger charge is -2.07. The molecule has 2 aliphatic heterocycles. The Balaban J connectivity index is 2.07. The number of ether oxygens (including phenoxy) is 2. The van der Waals surface area contributed by atoms with E-state index in [0.29, 0.717) is 36.1 Å². The Bertz CT molecular complexity index is 683. The summed E-state index contributed by atoms with van der Waals surface area (Å²) in [5.41, 5.74) is 0.434. The van der Waals surface area contributed by atoms with Crippen LogP contribution in [0.1, 0.15) is 38.8 Å². The summed E-state index contributed by atoms with van der Waals surface area (Å²) in [5, 5.41) is 11.2. The maximum absolute atomic E-state index is 11.2. The molecule has 7 heteroatoms. The van der Waals surface area contributed by atoms with Crippen LogP contribution in [0.3, 0.4) is 0 Å². The lowest BCUT2D eigenvalue weighted by atomic mass is 10.1. The van der Waals surface area contributed by atoms with Gasteiger partial charge in [0, 0.05) is 23.3 Å². The van der Waals surface area contributed by atoms with Gasteiger partial charge in [-0.15, -0.1) is 0 Å². The molecule has 122 valence electrons. The van der Waals surface area contributed by atoms with Crippen LogP contribution in [-0.4, -0.2) is 41.0 Å². The summed E-state index contributed by atoms with van der Waals surface area (Å²) < 4.78 is 11.2. The first-order chi connectivity index (χ1) is 10.7. The summed E-state index contributed by atoms with van der Waals surface area (Å²) in [6, 6.07) is 4.70. The van der Waals surface area contributed by atoms with Gasteiger partial charge in [0.1, 0.15) is 13.2 Å². The van der Waals surface area contributed by atoms with Gasteiger partial charge < -0.3 is 9.47 Å². The van der Waals surface area contributed by atoms with Gasteiger partial charge >= 0.3 is 0 Å². The van der Waals surface area contributed by atoms with Crippen molar-refractivity contribution in [3.8, 4) is 0 Å². The first-order valence-corrected chi connectivity index (χ1v) is 7.41. The number of nitro benzene ring substituents is 1. The van der Waals surface area contributed by atoms with Gasteiger partial charge in [0.15, 0.2) is 0 Å². The van der Waals surface area contributed by atoms with Gasteiger partial charge in [0.2, 0.25) is 11.8 Å². The first kappa shape index (κ1) is 15.5. The number of hydrogen-bond acceptors (Lipinski definition) is 6. The van der Waals surface area contributed by atoms with Gasteiger partial charge in [-0.05, 0) is 33.8 Å². The molecule has 1 aromatic rings. The minimum atomic E-state index is -0.436. The fourth-order valence-electron chi connectivity index (χ4n) is 2.43. The Hall–Kier alpha value is -2.44. The molecular formula is C16H19N3O4. The molecule has 2 aliphatic rings. The molecule has 23 heavy (non-hydrogen) atoms. The molecule has 0 bridgehead atoms. The highest BCUT2D eigenvalue weighted by Gasteiger charge is 2.31. The van der Waals surface area contributed by atoms with E-state index in [-0.39, 0.29) is 16.8 Å². The quantitative estimate of drug-likeness (QED) is 0.633. The molecule has 0 atom stereocenters. The van der Waals surface area contributed by atoms with Crippen LogP contribution in [0.2, 0.25) is 0 Å². The van der Waals surface area contributed by atoms with Crippen molar-refractivity contribution in [2.75, 3.05) is 13.2 Å². The van der Waals surface area contributed by atoms with E-state index >= 15 is 0 Å². The second kappa shape index (κ2) is 5.04. The third-order valence-electron chi connectivity index (χ3n) is 3.56. The summed E-state index contributed by atoms with van der Waals surface area (Å²) >= 11 is 0. The third-order valence-corrected chi connectivity index (χ3v) is 3.56. The van der Waals surface area contributed by atoms with Crippen molar-refractivity contribution < 1.29 is 14.4 Å². The van der Waals surface area contributed by atoms with E-state index in [0.717, 1.165) is 0 Å². The predicted molar refractivity (Wildman–Crippen MR) is 86.2 cm³/mol. The molecule has 0 N–H and O–H groups in total. The molecule has 0 radical (unpaired) electrons. The maximum Gasteiger partial charge on any atom is 0.271 e. The van der Waals surface area contributed by atoms with Crippen molar-refractivity contribution in [1.29, 1.82) is 0 Å². The van der Waals surface area contributed by atoms with Crippen molar-refractivity contribution in [2.45, 2.75) is 38.8 Å². The number of nitrogens with zero attached hydrogens (tertiary/aromatic N) is 3. The number of benzene rings is 1. The van der Waals surface area contributed by atoms with Crippen LogP contribution >= 0.6 is 0 Å². The fourth-order valence-corrected chi connectivity index (χ4v) is 2.43. The lowest BCUT2D eigenvalue weighted by molar-refractivity contribution is -0.384. The van der Waals surface area contributed by atoms with Crippen LogP contribution in [0.4, 0.5) is 5.69 Å². The molecule has 3 rings (SSSR count). The summed E-state index contributed by atoms with van der Waals surface area (Å²) in [6.07, 6.45) is 0. The van der Waals surface area contributed by atoms with Gasteiger partial charge in [0.25, 0.3) is 5.69 Å². The molecule has 0 aromatic heterocycles. The smallest absolute Gasteiger partial charge is 0.271 e. The topological polar surface area (TPSA) is 86.3 Å². The van der Waals surface area contributed by atoms with Crippen molar-refractivity contribution >= 4 is 17.5 Å². The third kappa shape index (κ3) is 3.18. The minimum Gasteiger partial charge on any atom is -0.475 e. The molecule has 0 saturated carbocycles. The Morgan fingerprint density at radius 2 is 1.39 bits per heavy atom. The fraction of sp³-hybridized carbons (Fsp3) is 0.500. The van der Waals surface area contributed by atoms with Crippen molar-refractivity contribution in [3.63, 3.8) is 0 Å². The summed E-state index contributed by atoms with van der Waals surface area (Å²) in [6.45, 7) is 8.70. The van der Waals surface area contributed by atoms with Crippen LogP contribution in [0.15, 0.2) is 28.2 Å². The maximum atomic E-state index is 11.2. The summed E-state index contributed by atoms with van der Waals surface area (Å²) in [5.74, 6) is 0.829. The SMILES string of the molecule is CC1(C)COC(c2cc(C3=NC(C)(C)CO3)cc([N+](=O)[O-])c2)=N1. The van der Waals surface area contributed by atoms with Crippen molar-refractivity contribution in [3.05, 3.63) is 39.4 Å². The monoisotopic (exact) mass is 317 g/mol. The van der Waals surface area contributed by atoms with Gasteiger partial charge in [0.05, 0.1) is 16.0 Å². The van der Waals surface area contributed by atoms with Crippen LogP contribution in [0, 0.1) is 10.1 Å². The van der Waals surface area contributed by atoms with Crippen molar-refractivity contribution in [1.82, 2.24) is 0 Å². The van der Waals surface area contributed by atoms with Crippen LogP contribution in [-0.2, 0) is 9.47 Å². The zero-order chi connectivity index (χ0) is 16.8. The predicted octanol–water partition coefficient (Wildman–Crippen LogP) is 2.71. The standard InChI is InChI=1S/C16H19N3O4/c1-15(2)8-22-13(17-15)10-5-11(7-12(6-10)19(20)21)14-18-16(3,4)9-23-14/h5-7H,8-9H2,1-4H3. The zero-order valence-electron chi connectivity index (χ0n) is 13.6. The zero-order valence-corrected chi connectivity index (χ0v) is 13.6. The molecule has 0 amide bonds. The lowest BCUT2D eigenvalue weighted by Crippen LogP contribution is -2.17. The molecular weight excluding hydrogens is 298 g/mol. The molecule has 1 aromatic carbocycles. The van der Waals surface area contributed by atoms with E-state index in [4.69, 9.17) is 9.47 Å². The molecule has 0 aliphatic carbocycles. The first-order valence-electron chi connectivity index (χ1n) is 7.41. The second-order valence-electron chi connectivity index (χ2n) is 7.06. The van der Waals surface area contributed by atoms with E-state index in [1.165, 1.54) is 12.1 Å². The number of aliphatic imine (C=N–C) groups is 2. The number of nitro groups is 1. The van der Waals surface area contributed by atoms with Gasteiger partial charge in [-0.1, -0.05) is 0 Å². The largest absolute Gasteiger partial charge is 0.475 e. The molecule has 0 saturated heterocycles. The molecule has 0 fully saturated rings. The van der Waals surface area contributed by atoms with Gasteiger partial charge in [-0.2, -0.15) is 0 Å². The van der Waals surface area contributed by atoms with Gasteiger partial charge in [-0.3, -0.25) is 10.1 Å². The number of rotatable bonds is 3. The summed E-state index contributed by atoms with van der Waals surface area (Å²) in [4.78, 5) is 19.8. The molecule has 0 spiro atoms. The highest BCUT2D eigenvalue weighted by molar-refractivity contribution is 6.01. The van der Waals surface area contributed by atoms with Crippen LogP contribution < -0.4 is 0 Å². The molecule has 0 unspecified atom stereocenters. The Morgan fingerprint density at radius 3 is 1.70 bits per heavy atom. The molecule has 2 heterocycles. The average molecular weight is 317 g/mol. The van der Waals surface area contributed by atoms with E-state index in [1.54, 1.807) is 6.07 Å². The van der Waals surface area contributed by atoms with E-state index in [9.17, 15) is 10.1 Å². The van der Waals surface area contributed by atoms with E-state index in [2.05, 4.69) is 9.98 Å². The Kier molecular flexibility index (Phi) is 3.39. The van der Waals surface area contributed by atoms with Gasteiger partial charge in [-0.25, -0.2) is 9.98 Å². The number of hydrogen-bond donors (Lipinski definition) is 0. The molecule has 7 nitrogen and oxygen atoms in total. The highest BCUT2D eigenvalue weighted by atomic mass is 16.6. The second-order valence-corrected chi connectivity index (χ2v) is 7.06. The normalized spacial score (nSPS) is 21.2. The summed E-state index contributed by atoms with van der Waals surface area (Å²) in [7, 11) is 0. The van der Waals surface area contributed by atoms with Crippen LogP contribution in [0.5, 0.6) is 0 Å².